The fourth-order valence-electron chi connectivity index (χ4n) is 4.12. The number of benzene rings is 1. The van der Waals surface area contributed by atoms with E-state index in [-0.39, 0.29) is 0 Å². The molecule has 31 heavy (non-hydrogen) atoms. The van der Waals surface area contributed by atoms with Gasteiger partial charge in [-0.2, -0.15) is 10.1 Å². The number of rotatable bonds is 6. The van der Waals surface area contributed by atoms with Crippen molar-refractivity contribution in [1.29, 1.82) is 0 Å². The molecule has 1 aliphatic carbocycles. The Kier molecular flexibility index (Phi) is 5.23. The first kappa shape index (κ1) is 19.8. The molecular weight excluding hydrogens is 406 g/mol. The molecule has 158 valence electrons. The molecule has 3 heterocycles. The van der Waals surface area contributed by atoms with Crippen LogP contribution in [0.25, 0.3) is 11.1 Å². The number of nitrogens with zero attached hydrogens (tertiary/aromatic N) is 5. The van der Waals surface area contributed by atoms with Crippen LogP contribution in [-0.4, -0.2) is 29.9 Å². The monoisotopic (exact) mass is 431 g/mol. The lowest BCUT2D eigenvalue weighted by atomic mass is 9.94. The zero-order chi connectivity index (χ0) is 21.4. The van der Waals surface area contributed by atoms with E-state index in [2.05, 4.69) is 57.4 Å². The number of anilines is 2. The first-order valence-electron chi connectivity index (χ1n) is 10.6. The van der Waals surface area contributed by atoms with E-state index in [1.54, 1.807) is 0 Å². The van der Waals surface area contributed by atoms with Gasteiger partial charge in [0.1, 0.15) is 5.03 Å². The van der Waals surface area contributed by atoms with Crippen molar-refractivity contribution in [1.82, 2.24) is 29.9 Å². The minimum Gasteiger partial charge on any atom is -0.324 e. The number of pyridine rings is 1. The molecule has 7 nitrogen and oxygen atoms in total. The molecule has 1 aromatic carbocycles. The van der Waals surface area contributed by atoms with E-state index in [0.717, 1.165) is 29.1 Å². The van der Waals surface area contributed by atoms with Crippen molar-refractivity contribution in [3.63, 3.8) is 0 Å². The van der Waals surface area contributed by atoms with Crippen LogP contribution in [0.2, 0.25) is 0 Å². The Bertz CT molecular complexity index is 1210. The molecule has 4 aromatic rings. The maximum atomic E-state index is 4.66. The molecule has 0 saturated carbocycles. The molecule has 0 unspecified atom stereocenters. The van der Waals surface area contributed by atoms with Crippen LogP contribution in [0.3, 0.4) is 0 Å². The highest BCUT2D eigenvalue weighted by atomic mass is 32.2. The summed E-state index contributed by atoms with van der Waals surface area (Å²) in [6, 6.07) is 8.69. The summed E-state index contributed by atoms with van der Waals surface area (Å²) in [5, 5.41) is 17.1. The van der Waals surface area contributed by atoms with Crippen LogP contribution in [0.1, 0.15) is 43.0 Å². The van der Waals surface area contributed by atoms with E-state index in [1.807, 2.05) is 41.5 Å². The van der Waals surface area contributed by atoms with Crippen LogP contribution in [0.4, 0.5) is 11.6 Å². The van der Waals surface area contributed by atoms with Gasteiger partial charge >= 0.3 is 0 Å². The molecule has 0 amide bonds. The summed E-state index contributed by atoms with van der Waals surface area (Å²) >= 11 is 1.45. The smallest absolute Gasteiger partial charge is 0.224 e. The van der Waals surface area contributed by atoms with Gasteiger partial charge in [-0.1, -0.05) is 0 Å². The lowest BCUT2D eigenvalue weighted by Gasteiger charge is -2.17. The third kappa shape index (κ3) is 3.95. The molecule has 8 heteroatoms. The van der Waals surface area contributed by atoms with Gasteiger partial charge < -0.3 is 5.32 Å². The van der Waals surface area contributed by atoms with E-state index >= 15 is 0 Å². The Morgan fingerprint density at radius 1 is 1.13 bits per heavy atom. The third-order valence-electron chi connectivity index (χ3n) is 5.63. The largest absolute Gasteiger partial charge is 0.324 e. The number of aryl methyl sites for hydroxylation is 1. The number of H-pyrrole nitrogens is 1. The van der Waals surface area contributed by atoms with Crippen molar-refractivity contribution < 1.29 is 0 Å². The van der Waals surface area contributed by atoms with E-state index < -0.39 is 0 Å². The van der Waals surface area contributed by atoms with E-state index in [9.17, 15) is 0 Å². The van der Waals surface area contributed by atoms with Gasteiger partial charge in [0.2, 0.25) is 11.1 Å². The fraction of sp³-hybridized carbons (Fsp3) is 0.304. The van der Waals surface area contributed by atoms with Crippen LogP contribution in [0.15, 0.2) is 53.0 Å². The van der Waals surface area contributed by atoms with Gasteiger partial charge in [0.25, 0.3) is 0 Å². The molecule has 0 saturated heterocycles. The van der Waals surface area contributed by atoms with Crippen LogP contribution in [0.5, 0.6) is 0 Å². The van der Waals surface area contributed by atoms with E-state index in [4.69, 9.17) is 0 Å². The normalized spacial score (nSPS) is 13.0. The standard InChI is InChI=1S/C23H25N7S/c1-14(2)30-12-9-20(29-30)31-23-26-22(27-28-23)25-21-18-6-4-5-17(18)15(3)13-19(21)16-7-10-24-11-8-16/h7-14H,4-6H2,1-3H3,(H2,25,26,27,28). The second-order valence-electron chi connectivity index (χ2n) is 8.08. The van der Waals surface area contributed by atoms with Gasteiger partial charge in [0.05, 0.1) is 5.69 Å². The number of fused-ring (bicyclic) bond motifs is 1. The molecule has 0 radical (unpaired) electrons. The minimum atomic E-state index is 0.328. The van der Waals surface area contributed by atoms with Crippen molar-refractivity contribution in [2.45, 2.75) is 56.3 Å². The van der Waals surface area contributed by atoms with Crippen molar-refractivity contribution in [2.75, 3.05) is 5.32 Å². The second kappa shape index (κ2) is 8.19. The Balaban J connectivity index is 1.46. The Morgan fingerprint density at radius 2 is 1.94 bits per heavy atom. The van der Waals surface area contributed by atoms with Crippen molar-refractivity contribution >= 4 is 23.4 Å². The summed E-state index contributed by atoms with van der Waals surface area (Å²) in [6.45, 7) is 6.42. The molecule has 2 N–H and O–H groups in total. The van der Waals surface area contributed by atoms with Gasteiger partial charge in [-0.3, -0.25) is 9.67 Å². The predicted octanol–water partition coefficient (Wildman–Crippen LogP) is 5.34. The van der Waals surface area contributed by atoms with Crippen LogP contribution in [-0.2, 0) is 12.8 Å². The highest BCUT2D eigenvalue weighted by Gasteiger charge is 2.22. The summed E-state index contributed by atoms with van der Waals surface area (Å²) in [4.78, 5) is 8.84. The number of hydrogen-bond donors (Lipinski definition) is 2. The van der Waals surface area contributed by atoms with Gasteiger partial charge in [-0.25, -0.2) is 5.10 Å². The Labute approximate surface area is 185 Å². The van der Waals surface area contributed by atoms with Gasteiger partial charge in [0.15, 0.2) is 0 Å². The molecule has 0 fully saturated rings. The first-order chi connectivity index (χ1) is 15.1. The number of hydrogen-bond acceptors (Lipinski definition) is 6. The van der Waals surface area contributed by atoms with Gasteiger partial charge in [0, 0.05) is 30.2 Å². The second-order valence-corrected chi connectivity index (χ2v) is 9.07. The molecule has 0 bridgehead atoms. The minimum absolute atomic E-state index is 0.328. The Hall–Kier alpha value is -3.13. The average molecular weight is 432 g/mol. The summed E-state index contributed by atoms with van der Waals surface area (Å²) in [5.74, 6) is 0.638. The first-order valence-corrected chi connectivity index (χ1v) is 11.4. The maximum absolute atomic E-state index is 4.66. The Morgan fingerprint density at radius 3 is 2.71 bits per heavy atom. The highest BCUT2D eigenvalue weighted by molar-refractivity contribution is 7.99. The van der Waals surface area contributed by atoms with Crippen LogP contribution < -0.4 is 5.32 Å². The van der Waals surface area contributed by atoms with E-state index in [1.165, 1.54) is 40.4 Å². The van der Waals surface area contributed by atoms with Crippen molar-refractivity contribution in [3.8, 4) is 11.1 Å². The van der Waals surface area contributed by atoms with Crippen molar-refractivity contribution in [2.24, 2.45) is 0 Å². The fourth-order valence-corrected chi connectivity index (χ4v) is 4.80. The summed E-state index contributed by atoms with van der Waals surface area (Å²) in [5.41, 5.74) is 7.60. The molecular formula is C23H25N7S. The average Bonchev–Trinajstić information content (AvgIpc) is 3.52. The third-order valence-corrected chi connectivity index (χ3v) is 6.43. The summed E-state index contributed by atoms with van der Waals surface area (Å²) in [7, 11) is 0. The quantitative estimate of drug-likeness (QED) is 0.429. The lowest BCUT2D eigenvalue weighted by Crippen LogP contribution is -2.02. The topological polar surface area (TPSA) is 84.3 Å². The van der Waals surface area contributed by atoms with Crippen LogP contribution >= 0.6 is 11.8 Å². The number of aromatic nitrogens is 6. The molecule has 0 aliphatic heterocycles. The molecule has 3 aromatic heterocycles. The highest BCUT2D eigenvalue weighted by Crippen LogP contribution is 2.40. The van der Waals surface area contributed by atoms with Gasteiger partial charge in [-0.15, -0.1) is 5.10 Å². The molecule has 5 rings (SSSR count). The number of aromatic amines is 1. The molecule has 0 atom stereocenters. The zero-order valence-electron chi connectivity index (χ0n) is 17.9. The molecule has 1 aliphatic rings. The van der Waals surface area contributed by atoms with Crippen molar-refractivity contribution in [3.05, 3.63) is 59.5 Å². The number of nitrogens with one attached hydrogen (secondary N) is 2. The predicted molar refractivity (Wildman–Crippen MR) is 123 cm³/mol. The zero-order valence-corrected chi connectivity index (χ0v) is 18.7. The van der Waals surface area contributed by atoms with Crippen LogP contribution in [0, 0.1) is 6.92 Å². The lowest BCUT2D eigenvalue weighted by molar-refractivity contribution is 0.522. The SMILES string of the molecule is Cc1cc(-c2ccncc2)c(Nc2nc(Sc3ccn(C(C)C)n3)n[nH]2)c2c1CCC2. The summed E-state index contributed by atoms with van der Waals surface area (Å²) in [6.07, 6.45) is 9.03. The molecule has 0 spiro atoms. The van der Waals surface area contributed by atoms with Gasteiger partial charge in [-0.05, 0) is 98.3 Å². The summed E-state index contributed by atoms with van der Waals surface area (Å²) < 4.78 is 1.94. The van der Waals surface area contributed by atoms with E-state index in [0.29, 0.717) is 17.1 Å². The maximum Gasteiger partial charge on any atom is 0.224 e.